The third-order valence-corrected chi connectivity index (χ3v) is 6.15. The van der Waals surface area contributed by atoms with E-state index in [2.05, 4.69) is 38.3 Å². The molecule has 8 nitrogen and oxygen atoms in total. The number of carbonyl (C=O) groups is 2. The maximum absolute atomic E-state index is 12.3. The predicted octanol–water partition coefficient (Wildman–Crippen LogP) is 5.66. The molecule has 8 heteroatoms. The largest absolute Gasteiger partial charge is 0.493 e. The summed E-state index contributed by atoms with van der Waals surface area (Å²) in [7, 11) is 3.21. The summed E-state index contributed by atoms with van der Waals surface area (Å²) in [4.78, 5) is 24.6. The average Bonchev–Trinajstić information content (AvgIpc) is 2.91. The number of benzene rings is 2. The van der Waals surface area contributed by atoms with E-state index in [-0.39, 0.29) is 24.7 Å². The molecule has 0 spiro atoms. The van der Waals surface area contributed by atoms with E-state index in [0.29, 0.717) is 67.6 Å². The van der Waals surface area contributed by atoms with Crippen molar-refractivity contribution in [2.24, 2.45) is 11.8 Å². The topological polar surface area (TPSA) is 95.1 Å². The van der Waals surface area contributed by atoms with E-state index >= 15 is 0 Å². The van der Waals surface area contributed by atoms with Crippen LogP contribution < -0.4 is 29.6 Å². The van der Waals surface area contributed by atoms with Gasteiger partial charge in [-0.2, -0.15) is 0 Å². The molecular weight excluding hydrogens is 496 g/mol. The maximum atomic E-state index is 12.3. The lowest BCUT2D eigenvalue weighted by Gasteiger charge is -2.14. The third kappa shape index (κ3) is 12.3. The van der Waals surface area contributed by atoms with Crippen molar-refractivity contribution in [2.45, 2.75) is 72.9 Å². The van der Waals surface area contributed by atoms with Gasteiger partial charge in [-0.05, 0) is 66.5 Å². The molecule has 0 saturated heterocycles. The molecule has 0 radical (unpaired) electrons. The van der Waals surface area contributed by atoms with Gasteiger partial charge in [0.25, 0.3) is 0 Å². The Morgan fingerprint density at radius 3 is 1.44 bits per heavy atom. The Kier molecular flexibility index (Phi) is 14.0. The minimum Gasteiger partial charge on any atom is -0.493 e. The molecule has 0 aromatic heterocycles. The first-order valence-electron chi connectivity index (χ1n) is 13.8. The van der Waals surface area contributed by atoms with Crippen molar-refractivity contribution < 1.29 is 28.5 Å². The van der Waals surface area contributed by atoms with E-state index in [1.54, 1.807) is 14.2 Å². The molecule has 0 aliphatic heterocycles. The average molecular weight is 543 g/mol. The zero-order valence-electron chi connectivity index (χ0n) is 24.4. The van der Waals surface area contributed by atoms with Crippen LogP contribution in [0.3, 0.4) is 0 Å². The lowest BCUT2D eigenvalue weighted by Crippen LogP contribution is -2.25. The van der Waals surface area contributed by atoms with Crippen molar-refractivity contribution in [3.8, 4) is 23.0 Å². The highest BCUT2D eigenvalue weighted by atomic mass is 16.5. The molecule has 0 heterocycles. The van der Waals surface area contributed by atoms with Gasteiger partial charge in [-0.15, -0.1) is 0 Å². The van der Waals surface area contributed by atoms with Crippen LogP contribution in [0.4, 0.5) is 0 Å². The van der Waals surface area contributed by atoms with Gasteiger partial charge in [0.2, 0.25) is 11.8 Å². The second kappa shape index (κ2) is 17.2. The molecule has 2 N–H and O–H groups in total. The molecule has 0 bridgehead atoms. The summed E-state index contributed by atoms with van der Waals surface area (Å²) in [5.74, 6) is 3.62. The van der Waals surface area contributed by atoms with Gasteiger partial charge in [0.05, 0.1) is 27.4 Å². The molecule has 0 aliphatic carbocycles. The number of ether oxygens (including phenoxy) is 4. The minimum atomic E-state index is -0.100. The van der Waals surface area contributed by atoms with Gasteiger partial charge in [0.1, 0.15) is 0 Å². The zero-order chi connectivity index (χ0) is 28.6. The lowest BCUT2D eigenvalue weighted by molar-refractivity contribution is -0.122. The van der Waals surface area contributed by atoms with E-state index in [1.165, 1.54) is 0 Å². The highest BCUT2D eigenvalue weighted by molar-refractivity contribution is 5.78. The summed E-state index contributed by atoms with van der Waals surface area (Å²) in [6.45, 7) is 10.6. The molecular formula is C31H46N2O6. The summed E-state index contributed by atoms with van der Waals surface area (Å²) < 4.78 is 22.5. The smallest absolute Gasteiger partial charge is 0.220 e. The summed E-state index contributed by atoms with van der Waals surface area (Å²) in [6, 6.07) is 11.3. The highest BCUT2D eigenvalue weighted by Crippen LogP contribution is 2.29. The normalized spacial score (nSPS) is 10.9. The second-order valence-electron chi connectivity index (χ2n) is 10.4. The number of hydrogen-bond acceptors (Lipinski definition) is 6. The van der Waals surface area contributed by atoms with E-state index in [4.69, 9.17) is 18.9 Å². The van der Waals surface area contributed by atoms with E-state index in [0.717, 1.165) is 24.0 Å². The third-order valence-electron chi connectivity index (χ3n) is 6.15. The summed E-state index contributed by atoms with van der Waals surface area (Å²) in [5, 5.41) is 5.81. The van der Waals surface area contributed by atoms with Crippen molar-refractivity contribution in [1.29, 1.82) is 0 Å². The molecule has 39 heavy (non-hydrogen) atoms. The zero-order valence-corrected chi connectivity index (χ0v) is 24.4. The SMILES string of the molecule is COc1cc(CNC(=O)CCCC(=O)NCc2ccc(OCCC(C)C)c(OC)c2)ccc1OCCC(C)C. The van der Waals surface area contributed by atoms with Crippen LogP contribution in [0.25, 0.3) is 0 Å². The van der Waals surface area contributed by atoms with Crippen molar-refractivity contribution >= 4 is 11.8 Å². The quantitative estimate of drug-likeness (QED) is 0.253. The molecule has 2 rings (SSSR count). The Balaban J connectivity index is 1.70. The van der Waals surface area contributed by atoms with Crippen LogP contribution in [0, 0.1) is 11.8 Å². The molecule has 2 aromatic carbocycles. The van der Waals surface area contributed by atoms with Gasteiger partial charge in [0, 0.05) is 25.9 Å². The van der Waals surface area contributed by atoms with Crippen molar-refractivity contribution in [1.82, 2.24) is 10.6 Å². The van der Waals surface area contributed by atoms with Crippen LogP contribution in [-0.2, 0) is 22.7 Å². The van der Waals surface area contributed by atoms with Gasteiger partial charge in [-0.1, -0.05) is 39.8 Å². The Hall–Kier alpha value is -3.42. The summed E-state index contributed by atoms with van der Waals surface area (Å²) >= 11 is 0. The molecule has 0 atom stereocenters. The fraction of sp³-hybridized carbons (Fsp3) is 0.548. The van der Waals surface area contributed by atoms with Gasteiger partial charge >= 0.3 is 0 Å². The van der Waals surface area contributed by atoms with Crippen LogP contribution >= 0.6 is 0 Å². The fourth-order valence-electron chi connectivity index (χ4n) is 3.68. The predicted molar refractivity (Wildman–Crippen MR) is 153 cm³/mol. The van der Waals surface area contributed by atoms with E-state index in [9.17, 15) is 9.59 Å². The summed E-state index contributed by atoms with van der Waals surface area (Å²) in [5.41, 5.74) is 1.84. The molecule has 2 aromatic rings. The molecule has 0 aliphatic rings. The van der Waals surface area contributed by atoms with Crippen LogP contribution in [0.1, 0.15) is 70.9 Å². The first-order chi connectivity index (χ1) is 18.7. The first kappa shape index (κ1) is 31.8. The fourth-order valence-corrected chi connectivity index (χ4v) is 3.68. The lowest BCUT2D eigenvalue weighted by atomic mass is 10.1. The first-order valence-corrected chi connectivity index (χ1v) is 13.8. The van der Waals surface area contributed by atoms with Gasteiger partial charge < -0.3 is 29.6 Å². The van der Waals surface area contributed by atoms with E-state index in [1.807, 2.05) is 36.4 Å². The molecule has 0 saturated carbocycles. The number of nitrogens with one attached hydrogen (secondary N) is 2. The van der Waals surface area contributed by atoms with Crippen molar-refractivity contribution in [2.75, 3.05) is 27.4 Å². The van der Waals surface area contributed by atoms with Crippen LogP contribution in [0.5, 0.6) is 23.0 Å². The van der Waals surface area contributed by atoms with Crippen LogP contribution in [0.15, 0.2) is 36.4 Å². The maximum Gasteiger partial charge on any atom is 0.220 e. The number of methoxy groups -OCH3 is 2. The Bertz CT molecular complexity index is 956. The second-order valence-corrected chi connectivity index (χ2v) is 10.4. The monoisotopic (exact) mass is 542 g/mol. The molecule has 0 unspecified atom stereocenters. The van der Waals surface area contributed by atoms with Gasteiger partial charge in [0.15, 0.2) is 23.0 Å². The highest BCUT2D eigenvalue weighted by Gasteiger charge is 2.10. The Morgan fingerprint density at radius 1 is 0.667 bits per heavy atom. The van der Waals surface area contributed by atoms with Crippen molar-refractivity contribution in [3.05, 3.63) is 47.5 Å². The van der Waals surface area contributed by atoms with Crippen molar-refractivity contribution in [3.63, 3.8) is 0 Å². The molecule has 2 amide bonds. The number of rotatable bonds is 18. The molecule has 0 fully saturated rings. The number of hydrogen-bond donors (Lipinski definition) is 2. The van der Waals surface area contributed by atoms with Crippen LogP contribution in [-0.4, -0.2) is 39.2 Å². The Morgan fingerprint density at radius 2 is 1.08 bits per heavy atom. The van der Waals surface area contributed by atoms with Gasteiger partial charge in [-0.3, -0.25) is 9.59 Å². The standard InChI is InChI=1S/C31H46N2O6/c1-22(2)14-16-38-26-12-10-24(18-28(26)36-5)20-32-30(34)8-7-9-31(35)33-21-25-11-13-27(29(19-25)37-6)39-17-15-23(3)4/h10-13,18-19,22-23H,7-9,14-17,20-21H2,1-6H3,(H,32,34)(H,33,35). The molecule has 216 valence electrons. The number of carbonyl (C=O) groups excluding carboxylic acids is 2. The Labute approximate surface area is 233 Å². The minimum absolute atomic E-state index is 0.100. The number of amides is 2. The van der Waals surface area contributed by atoms with Crippen LogP contribution in [0.2, 0.25) is 0 Å². The summed E-state index contributed by atoms with van der Waals surface area (Å²) in [6.07, 6.45) is 2.95. The van der Waals surface area contributed by atoms with Gasteiger partial charge in [-0.25, -0.2) is 0 Å². The van der Waals surface area contributed by atoms with E-state index < -0.39 is 0 Å².